The average Bonchev–Trinajstić information content (AvgIpc) is 2.94. The molecule has 0 aliphatic carbocycles. The van der Waals surface area contributed by atoms with Crippen molar-refractivity contribution in [2.24, 2.45) is 0 Å². The van der Waals surface area contributed by atoms with Gasteiger partial charge in [0.25, 0.3) is 5.91 Å². The van der Waals surface area contributed by atoms with Gasteiger partial charge in [-0.1, -0.05) is 12.1 Å². The van der Waals surface area contributed by atoms with E-state index < -0.39 is 12.0 Å². The molecule has 9 nitrogen and oxygen atoms in total. The number of carbonyl (C=O) groups excluding carboxylic acids is 2. The van der Waals surface area contributed by atoms with Gasteiger partial charge in [0, 0.05) is 57.4 Å². The summed E-state index contributed by atoms with van der Waals surface area (Å²) in [5, 5.41) is 0. The maximum absolute atomic E-state index is 14.2. The summed E-state index contributed by atoms with van der Waals surface area (Å²) < 4.78 is 11.0. The molecule has 5 rings (SSSR count). The van der Waals surface area contributed by atoms with E-state index in [1.165, 1.54) is 7.11 Å². The van der Waals surface area contributed by atoms with Gasteiger partial charge in [0.15, 0.2) is 11.5 Å². The minimum Gasteiger partial charge on any atom is -0.493 e. The number of methoxy groups -OCH3 is 2. The number of rotatable bonds is 5. The molecule has 4 heterocycles. The van der Waals surface area contributed by atoms with Crippen molar-refractivity contribution >= 4 is 17.6 Å². The number of carbonyl (C=O) groups is 2. The number of hydrogen-bond acceptors (Lipinski definition) is 7. The lowest BCUT2D eigenvalue weighted by Crippen LogP contribution is -2.53. The van der Waals surface area contributed by atoms with Crippen LogP contribution in [0.25, 0.3) is 0 Å². The summed E-state index contributed by atoms with van der Waals surface area (Å²) in [7, 11) is 4.82. The molecule has 0 unspecified atom stereocenters. The predicted molar refractivity (Wildman–Crippen MR) is 134 cm³/mol. The number of amides is 2. The molecule has 0 bridgehead atoms. The Morgan fingerprint density at radius 2 is 1.72 bits per heavy atom. The monoisotopic (exact) mass is 487 g/mol. The summed E-state index contributed by atoms with van der Waals surface area (Å²) in [5.41, 5.74) is 1.89. The lowest BCUT2D eigenvalue weighted by molar-refractivity contribution is -0.134. The minimum absolute atomic E-state index is 0.0302. The molecule has 2 atom stereocenters. The number of aromatic nitrogens is 2. The van der Waals surface area contributed by atoms with Crippen LogP contribution >= 0.6 is 0 Å². The topological polar surface area (TPSA) is 88.1 Å². The third-order valence-electron chi connectivity index (χ3n) is 7.03. The van der Waals surface area contributed by atoms with Crippen LogP contribution in [0.2, 0.25) is 0 Å². The quantitative estimate of drug-likeness (QED) is 0.547. The van der Waals surface area contributed by atoms with Gasteiger partial charge < -0.3 is 24.2 Å². The minimum atomic E-state index is -0.617. The van der Waals surface area contributed by atoms with E-state index in [9.17, 15) is 9.59 Å². The summed E-state index contributed by atoms with van der Waals surface area (Å²) in [6.45, 7) is 2.49. The van der Waals surface area contributed by atoms with Crippen LogP contribution in [0.4, 0.5) is 5.82 Å². The van der Waals surface area contributed by atoms with E-state index in [2.05, 4.69) is 14.9 Å². The van der Waals surface area contributed by atoms with E-state index in [0.29, 0.717) is 48.8 Å². The van der Waals surface area contributed by atoms with Crippen molar-refractivity contribution in [3.63, 3.8) is 0 Å². The second-order valence-electron chi connectivity index (χ2n) is 8.92. The third kappa shape index (κ3) is 4.10. The molecule has 2 aliphatic heterocycles. The molecule has 0 radical (unpaired) electrons. The SMILES string of the molecule is COc1cc2c(cc1OC)[C@@H](C(=O)N1CCN(c3ccccn3)CC1)[C@@H](c1cccnc1)N(C)C2=O. The molecule has 9 heteroatoms. The second kappa shape index (κ2) is 9.85. The zero-order valence-corrected chi connectivity index (χ0v) is 20.6. The van der Waals surface area contributed by atoms with Gasteiger partial charge >= 0.3 is 0 Å². The molecule has 0 spiro atoms. The molecule has 0 saturated carbocycles. The number of piperazine rings is 1. The molecule has 1 fully saturated rings. The normalized spacial score (nSPS) is 19.6. The number of benzene rings is 1. The highest BCUT2D eigenvalue weighted by Crippen LogP contribution is 2.46. The van der Waals surface area contributed by atoms with Gasteiger partial charge in [-0.3, -0.25) is 14.6 Å². The smallest absolute Gasteiger partial charge is 0.254 e. The van der Waals surface area contributed by atoms with Crippen molar-refractivity contribution in [3.8, 4) is 11.5 Å². The van der Waals surface area contributed by atoms with Crippen LogP contribution in [0.1, 0.15) is 33.4 Å². The summed E-state index contributed by atoms with van der Waals surface area (Å²) in [4.78, 5) is 42.1. The summed E-state index contributed by atoms with van der Waals surface area (Å²) in [5.74, 6) is 1.02. The van der Waals surface area contributed by atoms with Gasteiger partial charge in [0.2, 0.25) is 5.91 Å². The third-order valence-corrected chi connectivity index (χ3v) is 7.03. The Morgan fingerprint density at radius 1 is 0.972 bits per heavy atom. The predicted octanol–water partition coefficient (Wildman–Crippen LogP) is 2.75. The average molecular weight is 488 g/mol. The van der Waals surface area contributed by atoms with E-state index in [4.69, 9.17) is 9.47 Å². The zero-order valence-electron chi connectivity index (χ0n) is 20.6. The number of nitrogens with zero attached hydrogens (tertiary/aromatic N) is 5. The molecule has 2 aromatic heterocycles. The maximum Gasteiger partial charge on any atom is 0.254 e. The molecule has 2 aliphatic rings. The van der Waals surface area contributed by atoms with Gasteiger partial charge in [0.1, 0.15) is 5.82 Å². The summed E-state index contributed by atoms with van der Waals surface area (Å²) in [6.07, 6.45) is 5.18. The van der Waals surface area contributed by atoms with Crippen LogP contribution in [-0.4, -0.2) is 79.0 Å². The van der Waals surface area contributed by atoms with Crippen LogP contribution in [0, 0.1) is 0 Å². The molecule has 36 heavy (non-hydrogen) atoms. The first-order valence-electron chi connectivity index (χ1n) is 11.9. The Bertz CT molecular complexity index is 1250. The van der Waals surface area contributed by atoms with Gasteiger partial charge in [-0.15, -0.1) is 0 Å². The Morgan fingerprint density at radius 3 is 2.36 bits per heavy atom. The summed E-state index contributed by atoms with van der Waals surface area (Å²) in [6, 6.07) is 12.5. The highest BCUT2D eigenvalue weighted by molar-refractivity contribution is 6.02. The number of ether oxygens (including phenoxy) is 2. The van der Waals surface area contributed by atoms with E-state index in [-0.39, 0.29) is 11.8 Å². The zero-order chi connectivity index (χ0) is 25.2. The number of anilines is 1. The van der Waals surface area contributed by atoms with E-state index in [1.807, 2.05) is 35.2 Å². The van der Waals surface area contributed by atoms with E-state index in [1.54, 1.807) is 49.8 Å². The lowest BCUT2D eigenvalue weighted by Gasteiger charge is -2.43. The Labute approximate surface area is 210 Å². The fraction of sp³-hybridized carbons (Fsp3) is 0.333. The van der Waals surface area contributed by atoms with Crippen molar-refractivity contribution < 1.29 is 19.1 Å². The highest BCUT2D eigenvalue weighted by atomic mass is 16.5. The molecular weight excluding hydrogens is 458 g/mol. The van der Waals surface area contributed by atoms with E-state index in [0.717, 1.165) is 11.4 Å². The van der Waals surface area contributed by atoms with Crippen molar-refractivity contribution in [1.29, 1.82) is 0 Å². The first kappa shape index (κ1) is 23.6. The Kier molecular flexibility index (Phi) is 6.45. The van der Waals surface area contributed by atoms with Crippen LogP contribution in [0.5, 0.6) is 11.5 Å². The first-order valence-corrected chi connectivity index (χ1v) is 11.9. The van der Waals surface area contributed by atoms with Crippen LogP contribution in [-0.2, 0) is 4.79 Å². The molecule has 3 aromatic rings. The van der Waals surface area contributed by atoms with Gasteiger partial charge in [0.05, 0.1) is 26.2 Å². The maximum atomic E-state index is 14.2. The summed E-state index contributed by atoms with van der Waals surface area (Å²) >= 11 is 0. The molecule has 186 valence electrons. The van der Waals surface area contributed by atoms with Gasteiger partial charge in [-0.05, 0) is 41.5 Å². The number of pyridine rings is 2. The Balaban J connectivity index is 1.53. The van der Waals surface area contributed by atoms with E-state index >= 15 is 0 Å². The molecule has 1 saturated heterocycles. The van der Waals surface area contributed by atoms with Gasteiger partial charge in [-0.25, -0.2) is 4.98 Å². The molecule has 0 N–H and O–H groups in total. The fourth-order valence-electron chi connectivity index (χ4n) is 5.18. The van der Waals surface area contributed by atoms with Crippen molar-refractivity contribution in [1.82, 2.24) is 19.8 Å². The molecular formula is C27H29N5O4. The molecule has 2 amide bonds. The molecule has 1 aromatic carbocycles. The van der Waals surface area contributed by atoms with Crippen molar-refractivity contribution in [2.45, 2.75) is 12.0 Å². The van der Waals surface area contributed by atoms with Gasteiger partial charge in [-0.2, -0.15) is 0 Å². The number of likely N-dealkylation sites (N-methyl/N-ethyl adjacent to an activating group) is 1. The van der Waals surface area contributed by atoms with Crippen LogP contribution in [0.3, 0.4) is 0 Å². The van der Waals surface area contributed by atoms with Crippen molar-refractivity contribution in [3.05, 3.63) is 77.7 Å². The highest BCUT2D eigenvalue weighted by Gasteiger charge is 2.45. The van der Waals surface area contributed by atoms with Crippen LogP contribution < -0.4 is 14.4 Å². The number of fused-ring (bicyclic) bond motifs is 1. The standard InChI is InChI=1S/C27H29N5O4/c1-30-25(18-7-6-9-28-17-18)24(19-15-21(35-2)22(36-3)16-20(19)26(30)33)27(34)32-13-11-31(12-14-32)23-8-4-5-10-29-23/h4-10,15-17,24-25H,11-14H2,1-3H3/t24-,25-/m1/s1. The Hall–Kier alpha value is -4.14. The lowest BCUT2D eigenvalue weighted by atomic mass is 9.79. The number of hydrogen-bond donors (Lipinski definition) is 0. The second-order valence-corrected chi connectivity index (χ2v) is 8.92. The largest absolute Gasteiger partial charge is 0.493 e. The first-order chi connectivity index (χ1) is 17.5. The van der Waals surface area contributed by atoms with Crippen LogP contribution in [0.15, 0.2) is 61.1 Å². The fourth-order valence-corrected chi connectivity index (χ4v) is 5.18. The van der Waals surface area contributed by atoms with Crippen molar-refractivity contribution in [2.75, 3.05) is 52.3 Å².